The summed E-state index contributed by atoms with van der Waals surface area (Å²) >= 11 is 1.61. The molecule has 2 heterocycles. The van der Waals surface area contributed by atoms with Gasteiger partial charge in [-0.15, -0.1) is 11.3 Å². The van der Waals surface area contributed by atoms with E-state index in [0.717, 1.165) is 32.1 Å². The third-order valence-corrected chi connectivity index (χ3v) is 5.77. The molecule has 2 N–H and O–H groups in total. The lowest BCUT2D eigenvalue weighted by atomic mass is 10.1. The molecule has 0 aliphatic carbocycles. The van der Waals surface area contributed by atoms with Gasteiger partial charge in [0.1, 0.15) is 16.6 Å². The Kier molecular flexibility index (Phi) is 5.32. The molecule has 28 heavy (non-hydrogen) atoms. The Morgan fingerprint density at radius 2 is 1.82 bits per heavy atom. The van der Waals surface area contributed by atoms with Crippen molar-refractivity contribution in [2.45, 2.75) is 19.0 Å². The van der Waals surface area contributed by atoms with Gasteiger partial charge in [-0.25, -0.2) is 13.9 Å². The summed E-state index contributed by atoms with van der Waals surface area (Å²) in [7, 11) is 1.66. The average molecular weight is 394 g/mol. The van der Waals surface area contributed by atoms with Gasteiger partial charge in [0.15, 0.2) is 18.9 Å². The van der Waals surface area contributed by atoms with Crippen LogP contribution in [0.1, 0.15) is 22.2 Å². The number of aromatic nitrogens is 2. The number of pyridine rings is 1. The molecule has 0 fully saturated rings. The summed E-state index contributed by atoms with van der Waals surface area (Å²) in [5.41, 5.74) is 9.57. The van der Waals surface area contributed by atoms with Gasteiger partial charge in [0.2, 0.25) is 0 Å². The molecule has 1 atom stereocenters. The van der Waals surface area contributed by atoms with Gasteiger partial charge in [-0.05, 0) is 54.4 Å². The van der Waals surface area contributed by atoms with Gasteiger partial charge in [-0.3, -0.25) is 0 Å². The van der Waals surface area contributed by atoms with E-state index in [2.05, 4.69) is 21.7 Å². The smallest absolute Gasteiger partial charge is 0.173 e. The van der Waals surface area contributed by atoms with Crippen molar-refractivity contribution in [1.82, 2.24) is 4.98 Å². The molecule has 2 aromatic carbocycles. The number of halogens is 1. The first-order valence-electron chi connectivity index (χ1n) is 9.03. The van der Waals surface area contributed by atoms with Crippen molar-refractivity contribution in [1.29, 1.82) is 0 Å². The second kappa shape index (κ2) is 8.04. The summed E-state index contributed by atoms with van der Waals surface area (Å²) in [5, 5.41) is 0.922. The van der Waals surface area contributed by atoms with Crippen LogP contribution < -0.4 is 15.0 Å². The summed E-state index contributed by atoms with van der Waals surface area (Å²) in [6.07, 6.45) is 4.76. The van der Waals surface area contributed by atoms with Crippen LogP contribution in [0.2, 0.25) is 0 Å². The molecule has 0 radical (unpaired) electrons. The number of ether oxygens (including phenoxy) is 1. The standard InChI is InChI=1S/C22H21FN3OS/c1-27-18-6-7-20-21(13-18)28-22(25-20)19(24)12-15-8-10-26(11-9-15)14-16-2-4-17(23)5-3-16/h2-11,13,19H,12,14,24H2,1H3/q+1. The number of benzene rings is 2. The number of thiazole rings is 1. The molecule has 0 bridgehead atoms. The maximum absolute atomic E-state index is 13.0. The van der Waals surface area contributed by atoms with Gasteiger partial charge in [0, 0.05) is 17.7 Å². The minimum Gasteiger partial charge on any atom is -0.497 e. The van der Waals surface area contributed by atoms with Crippen LogP contribution >= 0.6 is 11.3 Å². The Morgan fingerprint density at radius 3 is 2.54 bits per heavy atom. The molecule has 2 aromatic heterocycles. The topological polar surface area (TPSA) is 52.0 Å². The minimum atomic E-state index is -0.216. The van der Waals surface area contributed by atoms with E-state index in [1.807, 2.05) is 30.6 Å². The van der Waals surface area contributed by atoms with Gasteiger partial charge >= 0.3 is 0 Å². The fourth-order valence-electron chi connectivity index (χ4n) is 3.08. The van der Waals surface area contributed by atoms with Gasteiger partial charge < -0.3 is 10.5 Å². The Hall–Kier alpha value is -2.83. The number of nitrogens with two attached hydrogens (primary N) is 1. The lowest BCUT2D eigenvalue weighted by molar-refractivity contribution is -0.688. The molecular formula is C22H21FN3OS+. The van der Waals surface area contributed by atoms with Crippen LogP contribution in [0.25, 0.3) is 10.2 Å². The normalized spacial score (nSPS) is 12.2. The van der Waals surface area contributed by atoms with Gasteiger partial charge in [0.25, 0.3) is 0 Å². The highest BCUT2D eigenvalue weighted by atomic mass is 32.1. The van der Waals surface area contributed by atoms with Crippen molar-refractivity contribution in [3.8, 4) is 5.75 Å². The zero-order chi connectivity index (χ0) is 19.5. The molecule has 0 saturated carbocycles. The molecule has 4 nitrogen and oxygen atoms in total. The number of methoxy groups -OCH3 is 1. The number of fused-ring (bicyclic) bond motifs is 1. The Balaban J connectivity index is 1.44. The van der Waals surface area contributed by atoms with E-state index in [0.29, 0.717) is 13.0 Å². The molecule has 6 heteroatoms. The van der Waals surface area contributed by atoms with Crippen LogP contribution in [-0.2, 0) is 13.0 Å². The van der Waals surface area contributed by atoms with Gasteiger partial charge in [-0.2, -0.15) is 0 Å². The van der Waals surface area contributed by atoms with Crippen LogP contribution in [0, 0.1) is 5.82 Å². The van der Waals surface area contributed by atoms with Crippen LogP contribution in [0.15, 0.2) is 67.0 Å². The fraction of sp³-hybridized carbons (Fsp3) is 0.182. The van der Waals surface area contributed by atoms with Crippen molar-refractivity contribution in [2.24, 2.45) is 5.73 Å². The zero-order valence-electron chi connectivity index (χ0n) is 15.5. The van der Waals surface area contributed by atoms with E-state index in [-0.39, 0.29) is 11.9 Å². The second-order valence-corrected chi connectivity index (χ2v) is 7.76. The second-order valence-electron chi connectivity index (χ2n) is 6.70. The summed E-state index contributed by atoms with van der Waals surface area (Å²) in [4.78, 5) is 4.67. The SMILES string of the molecule is COc1ccc2nc(C(N)Cc3cc[n+](Cc4ccc(F)cc4)cc3)sc2c1. The zero-order valence-corrected chi connectivity index (χ0v) is 16.3. The highest BCUT2D eigenvalue weighted by Gasteiger charge is 2.14. The summed E-state index contributed by atoms with van der Waals surface area (Å²) < 4.78 is 21.4. The molecule has 1 unspecified atom stereocenters. The fourth-order valence-corrected chi connectivity index (χ4v) is 4.08. The van der Waals surface area contributed by atoms with Gasteiger partial charge in [-0.1, -0.05) is 0 Å². The number of rotatable bonds is 6. The highest BCUT2D eigenvalue weighted by Crippen LogP contribution is 2.29. The minimum absolute atomic E-state index is 0.156. The summed E-state index contributed by atoms with van der Waals surface area (Å²) in [5.74, 6) is 0.608. The van der Waals surface area contributed by atoms with Crippen molar-refractivity contribution < 1.29 is 13.7 Å². The number of nitrogens with zero attached hydrogens (tertiary/aromatic N) is 2. The average Bonchev–Trinajstić information content (AvgIpc) is 3.14. The molecule has 0 saturated heterocycles. The van der Waals surface area contributed by atoms with Crippen LogP contribution in [-0.4, -0.2) is 12.1 Å². The van der Waals surface area contributed by atoms with E-state index >= 15 is 0 Å². The molecule has 0 aliphatic rings. The molecule has 142 valence electrons. The molecule has 0 spiro atoms. The van der Waals surface area contributed by atoms with Crippen LogP contribution in [0.4, 0.5) is 4.39 Å². The van der Waals surface area contributed by atoms with Crippen molar-refractivity contribution in [3.63, 3.8) is 0 Å². The molecule has 4 aromatic rings. The predicted octanol–water partition coefficient (Wildman–Crippen LogP) is 4.02. The van der Waals surface area contributed by atoms with E-state index in [4.69, 9.17) is 10.5 Å². The molecule has 0 aliphatic heterocycles. The Labute approximate surface area is 167 Å². The summed E-state index contributed by atoms with van der Waals surface area (Å²) in [6, 6.07) is 16.4. The van der Waals surface area contributed by atoms with Crippen molar-refractivity contribution in [2.75, 3.05) is 7.11 Å². The lowest BCUT2D eigenvalue weighted by Crippen LogP contribution is -2.33. The van der Waals surface area contributed by atoms with Crippen LogP contribution in [0.3, 0.4) is 0 Å². The first-order valence-corrected chi connectivity index (χ1v) is 9.85. The lowest BCUT2D eigenvalue weighted by Gasteiger charge is -2.07. The predicted molar refractivity (Wildman–Crippen MR) is 109 cm³/mol. The highest BCUT2D eigenvalue weighted by molar-refractivity contribution is 7.18. The molecule has 0 amide bonds. The Morgan fingerprint density at radius 1 is 1.07 bits per heavy atom. The molecular weight excluding hydrogens is 373 g/mol. The van der Waals surface area contributed by atoms with Crippen molar-refractivity contribution in [3.05, 3.63) is 88.9 Å². The maximum Gasteiger partial charge on any atom is 0.173 e. The van der Waals surface area contributed by atoms with Crippen LogP contribution in [0.5, 0.6) is 5.75 Å². The maximum atomic E-state index is 13.0. The van der Waals surface area contributed by atoms with E-state index in [1.165, 1.54) is 12.1 Å². The van der Waals surface area contributed by atoms with E-state index in [9.17, 15) is 4.39 Å². The first-order chi connectivity index (χ1) is 13.6. The first kappa shape index (κ1) is 18.5. The Bertz CT molecular complexity index is 1080. The summed E-state index contributed by atoms with van der Waals surface area (Å²) in [6.45, 7) is 0.701. The van der Waals surface area contributed by atoms with E-state index < -0.39 is 0 Å². The monoisotopic (exact) mass is 394 g/mol. The van der Waals surface area contributed by atoms with Crippen molar-refractivity contribution >= 4 is 21.6 Å². The van der Waals surface area contributed by atoms with E-state index in [1.54, 1.807) is 30.6 Å². The number of hydrogen-bond donors (Lipinski definition) is 1. The largest absolute Gasteiger partial charge is 0.497 e. The third-order valence-electron chi connectivity index (χ3n) is 4.62. The third kappa shape index (κ3) is 4.18. The van der Waals surface area contributed by atoms with Gasteiger partial charge in [0.05, 0.1) is 23.4 Å². The molecule has 4 rings (SSSR count). The number of hydrogen-bond acceptors (Lipinski definition) is 4. The quantitative estimate of drug-likeness (QED) is 0.503.